The Morgan fingerprint density at radius 2 is 2.42 bits per heavy atom. The van der Waals surface area contributed by atoms with Gasteiger partial charge in [-0.1, -0.05) is 0 Å². The van der Waals surface area contributed by atoms with Gasteiger partial charge in [-0.3, -0.25) is 4.79 Å². The van der Waals surface area contributed by atoms with Gasteiger partial charge in [0.2, 0.25) is 0 Å². The van der Waals surface area contributed by atoms with Crippen molar-refractivity contribution in [2.75, 3.05) is 18.5 Å². The summed E-state index contributed by atoms with van der Waals surface area (Å²) in [7, 11) is 0. The van der Waals surface area contributed by atoms with E-state index in [2.05, 4.69) is 15.3 Å². The second-order valence-electron chi connectivity index (χ2n) is 5.51. The molecule has 2 aliphatic rings. The first-order valence-corrected chi connectivity index (χ1v) is 6.76. The minimum absolute atomic E-state index is 0.151. The Kier molecular flexibility index (Phi) is 3.06. The van der Waals surface area contributed by atoms with Crippen LogP contribution >= 0.6 is 0 Å². The van der Waals surface area contributed by atoms with Gasteiger partial charge < -0.3 is 20.1 Å². The van der Waals surface area contributed by atoms with E-state index in [1.54, 1.807) is 0 Å². The van der Waals surface area contributed by atoms with E-state index in [1.807, 2.05) is 6.92 Å². The lowest BCUT2D eigenvalue weighted by Gasteiger charge is -2.26. The molecule has 0 aromatic carbocycles. The zero-order valence-electron chi connectivity index (χ0n) is 11.0. The van der Waals surface area contributed by atoms with Crippen LogP contribution in [-0.4, -0.2) is 39.9 Å². The van der Waals surface area contributed by atoms with E-state index in [9.17, 15) is 9.90 Å². The summed E-state index contributed by atoms with van der Waals surface area (Å²) in [6.07, 6.45) is 2.56. The molecular weight excluding hydrogens is 246 g/mol. The van der Waals surface area contributed by atoms with E-state index in [0.29, 0.717) is 31.3 Å². The van der Waals surface area contributed by atoms with Crippen LogP contribution in [0.5, 0.6) is 0 Å². The highest BCUT2D eigenvalue weighted by Crippen LogP contribution is 2.37. The normalized spacial score (nSPS) is 30.5. The molecular formula is C13H19N3O3. The quantitative estimate of drug-likeness (QED) is 0.742. The Balaban J connectivity index is 1.71. The molecule has 1 aliphatic carbocycles. The first-order chi connectivity index (χ1) is 9.07. The molecule has 3 rings (SSSR count). The second-order valence-corrected chi connectivity index (χ2v) is 5.51. The maximum atomic E-state index is 11.6. The summed E-state index contributed by atoms with van der Waals surface area (Å²) in [4.78, 5) is 18.7. The Morgan fingerprint density at radius 1 is 1.63 bits per heavy atom. The molecule has 1 saturated carbocycles. The summed E-state index contributed by atoms with van der Waals surface area (Å²) in [6, 6.07) is 1.43. The fourth-order valence-corrected chi connectivity index (χ4v) is 2.36. The average Bonchev–Trinajstić information content (AvgIpc) is 3.15. The molecule has 1 saturated heterocycles. The number of nitrogens with zero attached hydrogens (tertiary/aromatic N) is 1. The largest absolute Gasteiger partial charge is 0.385 e. The van der Waals surface area contributed by atoms with Crippen molar-refractivity contribution < 1.29 is 9.84 Å². The average molecular weight is 265 g/mol. The summed E-state index contributed by atoms with van der Waals surface area (Å²) in [5.74, 6) is 1.67. The van der Waals surface area contributed by atoms with Crippen LogP contribution in [0.4, 0.5) is 5.82 Å². The van der Waals surface area contributed by atoms with Gasteiger partial charge >= 0.3 is 0 Å². The Labute approximate surface area is 111 Å². The van der Waals surface area contributed by atoms with Gasteiger partial charge in [-0.05, 0) is 19.8 Å². The van der Waals surface area contributed by atoms with Crippen molar-refractivity contribution in [1.82, 2.24) is 9.97 Å². The molecule has 2 fully saturated rings. The molecule has 1 aromatic rings. The molecule has 0 amide bonds. The maximum absolute atomic E-state index is 11.6. The van der Waals surface area contributed by atoms with Gasteiger partial charge in [0.1, 0.15) is 17.2 Å². The van der Waals surface area contributed by atoms with Crippen LogP contribution in [0.15, 0.2) is 10.9 Å². The molecule has 1 aromatic heterocycles. The first kappa shape index (κ1) is 12.6. The van der Waals surface area contributed by atoms with Gasteiger partial charge in [0, 0.05) is 31.6 Å². The number of aromatic amines is 1. The highest BCUT2D eigenvalue weighted by Gasteiger charge is 2.39. The fourth-order valence-electron chi connectivity index (χ4n) is 2.36. The van der Waals surface area contributed by atoms with Crippen LogP contribution in [0.2, 0.25) is 0 Å². The molecule has 1 aliphatic heterocycles. The van der Waals surface area contributed by atoms with Crippen molar-refractivity contribution in [2.24, 2.45) is 0 Å². The molecule has 2 heterocycles. The van der Waals surface area contributed by atoms with Crippen LogP contribution < -0.4 is 10.9 Å². The zero-order valence-corrected chi connectivity index (χ0v) is 11.0. The highest BCUT2D eigenvalue weighted by molar-refractivity contribution is 5.34. The third-order valence-corrected chi connectivity index (χ3v) is 3.96. The van der Waals surface area contributed by atoms with Gasteiger partial charge in [0.25, 0.3) is 5.56 Å². The highest BCUT2D eigenvalue weighted by atomic mass is 16.5. The molecule has 3 N–H and O–H groups in total. The second kappa shape index (κ2) is 4.61. The Hall–Kier alpha value is -1.40. The van der Waals surface area contributed by atoms with Gasteiger partial charge in [-0.15, -0.1) is 0 Å². The lowest BCUT2D eigenvalue weighted by atomic mass is 9.97. The molecule has 104 valence electrons. The molecule has 0 bridgehead atoms. The number of aromatic nitrogens is 2. The van der Waals surface area contributed by atoms with Gasteiger partial charge in [0.15, 0.2) is 0 Å². The minimum atomic E-state index is -0.885. The molecule has 6 heteroatoms. The van der Waals surface area contributed by atoms with E-state index >= 15 is 0 Å². The van der Waals surface area contributed by atoms with Crippen LogP contribution in [-0.2, 0) is 4.74 Å². The van der Waals surface area contributed by atoms with Crippen molar-refractivity contribution in [3.8, 4) is 0 Å². The number of ether oxygens (including phenoxy) is 1. The molecule has 0 radical (unpaired) electrons. The molecule has 2 atom stereocenters. The lowest BCUT2D eigenvalue weighted by molar-refractivity contribution is -0.0176. The van der Waals surface area contributed by atoms with E-state index in [1.165, 1.54) is 6.07 Å². The summed E-state index contributed by atoms with van der Waals surface area (Å²) < 4.78 is 5.37. The SMILES string of the molecule is CC1OCCC1(O)CNc1cc(=O)[nH]c(C2CC2)n1. The van der Waals surface area contributed by atoms with Crippen LogP contribution in [0.25, 0.3) is 0 Å². The van der Waals surface area contributed by atoms with E-state index < -0.39 is 5.60 Å². The van der Waals surface area contributed by atoms with Crippen molar-refractivity contribution in [1.29, 1.82) is 0 Å². The van der Waals surface area contributed by atoms with Gasteiger partial charge in [-0.25, -0.2) is 4.98 Å². The van der Waals surface area contributed by atoms with Crippen LogP contribution in [0.1, 0.15) is 37.9 Å². The van der Waals surface area contributed by atoms with Gasteiger partial charge in [0.05, 0.1) is 6.10 Å². The minimum Gasteiger partial charge on any atom is -0.385 e. The number of hydrogen-bond acceptors (Lipinski definition) is 5. The molecule has 6 nitrogen and oxygen atoms in total. The predicted molar refractivity (Wildman–Crippen MR) is 70.3 cm³/mol. The standard InChI is InChI=1S/C13H19N3O3/c1-8-13(18,4-5-19-8)7-14-10-6-11(17)16-12(15-10)9-2-3-9/h6,8-9,18H,2-5,7H2,1H3,(H2,14,15,16,17). The smallest absolute Gasteiger partial charge is 0.252 e. The fraction of sp³-hybridized carbons (Fsp3) is 0.692. The number of aliphatic hydroxyl groups is 1. The van der Waals surface area contributed by atoms with E-state index in [0.717, 1.165) is 18.7 Å². The zero-order chi connectivity index (χ0) is 13.5. The Bertz CT molecular complexity index is 526. The number of anilines is 1. The van der Waals surface area contributed by atoms with Crippen LogP contribution in [0, 0.1) is 0 Å². The number of rotatable bonds is 4. The molecule has 0 spiro atoms. The third kappa shape index (κ3) is 2.64. The number of nitrogens with one attached hydrogen (secondary N) is 2. The molecule has 19 heavy (non-hydrogen) atoms. The first-order valence-electron chi connectivity index (χ1n) is 6.76. The van der Waals surface area contributed by atoms with Crippen LogP contribution in [0.3, 0.4) is 0 Å². The number of hydrogen-bond donors (Lipinski definition) is 3. The Morgan fingerprint density at radius 3 is 3.05 bits per heavy atom. The van der Waals surface area contributed by atoms with Gasteiger partial charge in [-0.2, -0.15) is 0 Å². The monoisotopic (exact) mass is 265 g/mol. The van der Waals surface area contributed by atoms with Crippen molar-refractivity contribution >= 4 is 5.82 Å². The topological polar surface area (TPSA) is 87.2 Å². The van der Waals surface area contributed by atoms with Crippen molar-refractivity contribution in [2.45, 2.75) is 43.8 Å². The maximum Gasteiger partial charge on any atom is 0.252 e. The third-order valence-electron chi connectivity index (χ3n) is 3.96. The summed E-state index contributed by atoms with van der Waals surface area (Å²) in [5, 5.41) is 13.4. The van der Waals surface area contributed by atoms with Crippen molar-refractivity contribution in [3.05, 3.63) is 22.2 Å². The summed E-state index contributed by atoms with van der Waals surface area (Å²) in [6.45, 7) is 2.76. The van der Waals surface area contributed by atoms with E-state index in [-0.39, 0.29) is 11.7 Å². The number of H-pyrrole nitrogens is 1. The molecule has 2 unspecified atom stereocenters. The summed E-state index contributed by atoms with van der Waals surface area (Å²) in [5.41, 5.74) is -1.04. The van der Waals surface area contributed by atoms with Crippen molar-refractivity contribution in [3.63, 3.8) is 0 Å². The van der Waals surface area contributed by atoms with E-state index in [4.69, 9.17) is 4.74 Å². The summed E-state index contributed by atoms with van der Waals surface area (Å²) >= 11 is 0. The lowest BCUT2D eigenvalue weighted by Crippen LogP contribution is -2.43. The predicted octanol–water partition coefficient (Wildman–Crippen LogP) is 0.599.